The molecule has 48 heavy (non-hydrogen) atoms. The summed E-state index contributed by atoms with van der Waals surface area (Å²) < 4.78 is 28.0. The van der Waals surface area contributed by atoms with E-state index in [4.69, 9.17) is 24.0 Å². The number of allylic oxidation sites excluding steroid dienone is 2. The first-order valence-electron chi connectivity index (χ1n) is 17.1. The molecular weight excluding hydrogens is 639 g/mol. The summed E-state index contributed by atoms with van der Waals surface area (Å²) in [7, 11) is -4.62. The molecule has 2 spiro atoms. The molecule has 0 aromatic carbocycles. The average molecular weight is 691 g/mol. The molecule has 0 bridgehead atoms. The molecule has 0 aromatic heterocycles. The highest BCUT2D eigenvalue weighted by atomic mass is 31.2. The summed E-state index contributed by atoms with van der Waals surface area (Å²) in [6.45, 7) is 16.3. The Hall–Kier alpha value is -2.62. The van der Waals surface area contributed by atoms with E-state index in [9.17, 15) is 28.5 Å². The second kappa shape index (κ2) is 12.3. The fraction of sp³-hybridized carbons (Fsp3) is 0.750. The van der Waals surface area contributed by atoms with Crippen molar-refractivity contribution in [2.75, 3.05) is 12.8 Å². The Labute approximate surface area is 282 Å². The van der Waals surface area contributed by atoms with E-state index in [1.54, 1.807) is 13.0 Å². The van der Waals surface area contributed by atoms with Gasteiger partial charge < -0.3 is 24.0 Å². The molecule has 12 atom stereocenters. The number of carbonyl (C=O) groups is 5. The van der Waals surface area contributed by atoms with Crippen molar-refractivity contribution in [1.29, 1.82) is 0 Å². The van der Waals surface area contributed by atoms with Gasteiger partial charge in [-0.3, -0.25) is 28.5 Å². The Morgan fingerprint density at radius 2 is 1.73 bits per heavy atom. The fourth-order valence-electron chi connectivity index (χ4n) is 11.4. The monoisotopic (exact) mass is 690 g/mol. The third-order valence-electron chi connectivity index (χ3n) is 13.7. The Balaban J connectivity index is 1.44. The Morgan fingerprint density at radius 3 is 2.33 bits per heavy atom. The molecule has 0 saturated heterocycles. The molecule has 0 aliphatic heterocycles. The van der Waals surface area contributed by atoms with Gasteiger partial charge in [0.1, 0.15) is 12.3 Å². The number of ketones is 2. The van der Waals surface area contributed by atoms with E-state index < -0.39 is 61.5 Å². The maximum Gasteiger partial charge on any atom is 0.336 e. The first-order valence-corrected chi connectivity index (χ1v) is 18.9. The van der Waals surface area contributed by atoms with Crippen LogP contribution in [0.4, 0.5) is 0 Å². The molecule has 2 N–H and O–H groups in total. The standard InChI is InChI=1S/C36H51O11P/c1-19(16-45-29(40)17-48(42,43)44)20(2)31(41)32(47-24(6)38)22(4)30-27(46-23(5)37)15-34(8)28-10-9-25-21(3)26(39)11-12-35(25)18-36(28,35)14-13-33(30,34)7/h11-12,19,21-22,25,27-28,30,32H,2,9-10,13-18H2,1,3-8H3,(H2,42,43,44)/t19-,21-,22-,25-,27-,28-,30-,32+,33+,34-,35+,36-/m0/s1. The first kappa shape index (κ1) is 36.7. The minimum absolute atomic E-state index is 0.00201. The first-order chi connectivity index (χ1) is 22.1. The quantitative estimate of drug-likeness (QED) is 0.130. The van der Waals surface area contributed by atoms with Gasteiger partial charge in [-0.1, -0.05) is 47.3 Å². The van der Waals surface area contributed by atoms with Gasteiger partial charge >= 0.3 is 25.5 Å². The third kappa shape index (κ3) is 5.75. The number of ether oxygens (including phenoxy) is 3. The largest absolute Gasteiger partial charge is 0.465 e. The zero-order chi connectivity index (χ0) is 35.8. The van der Waals surface area contributed by atoms with Gasteiger partial charge in [0.25, 0.3) is 0 Å². The van der Waals surface area contributed by atoms with Gasteiger partial charge in [-0.25, -0.2) is 0 Å². The molecule has 12 heteroatoms. The smallest absolute Gasteiger partial charge is 0.336 e. The van der Waals surface area contributed by atoms with Crippen molar-refractivity contribution in [2.45, 2.75) is 99.2 Å². The molecule has 0 aromatic rings. The zero-order valence-corrected chi connectivity index (χ0v) is 30.0. The van der Waals surface area contributed by atoms with Crippen LogP contribution in [0.3, 0.4) is 0 Å². The van der Waals surface area contributed by atoms with E-state index in [1.807, 2.05) is 6.92 Å². The highest BCUT2D eigenvalue weighted by Gasteiger charge is 2.81. The van der Waals surface area contributed by atoms with Crippen LogP contribution in [0.25, 0.3) is 0 Å². The molecule has 0 unspecified atom stereocenters. The molecule has 266 valence electrons. The molecule has 0 amide bonds. The summed E-state index contributed by atoms with van der Waals surface area (Å²) in [4.78, 5) is 81.8. The van der Waals surface area contributed by atoms with E-state index in [0.29, 0.717) is 18.3 Å². The number of hydrogen-bond acceptors (Lipinski definition) is 9. The summed E-state index contributed by atoms with van der Waals surface area (Å²) in [6, 6.07) is 0. The highest BCUT2D eigenvalue weighted by molar-refractivity contribution is 7.52. The minimum atomic E-state index is -4.62. The highest BCUT2D eigenvalue weighted by Crippen LogP contribution is 2.87. The third-order valence-corrected chi connectivity index (χ3v) is 14.4. The van der Waals surface area contributed by atoms with E-state index in [0.717, 1.165) is 32.1 Å². The van der Waals surface area contributed by atoms with Gasteiger partial charge in [0.2, 0.25) is 0 Å². The second-order valence-electron chi connectivity index (χ2n) is 16.0. The lowest BCUT2D eigenvalue weighted by molar-refractivity contribution is -0.166. The molecule has 4 fully saturated rings. The summed E-state index contributed by atoms with van der Waals surface area (Å²) >= 11 is 0. The van der Waals surface area contributed by atoms with E-state index in [1.165, 1.54) is 13.8 Å². The van der Waals surface area contributed by atoms with Crippen LogP contribution in [0.15, 0.2) is 24.3 Å². The molecule has 5 aliphatic rings. The van der Waals surface area contributed by atoms with Crippen molar-refractivity contribution in [1.82, 2.24) is 0 Å². The number of Topliss-reactive ketones (excluding diaryl/α,β-unsaturated/α-hetero) is 1. The van der Waals surface area contributed by atoms with Crippen LogP contribution in [0.1, 0.15) is 87.0 Å². The Morgan fingerprint density at radius 1 is 1.06 bits per heavy atom. The van der Waals surface area contributed by atoms with Crippen LogP contribution >= 0.6 is 7.60 Å². The molecular formula is C36H51O11P. The molecule has 5 rings (SSSR count). The van der Waals surface area contributed by atoms with Gasteiger partial charge in [0.15, 0.2) is 17.7 Å². The summed E-state index contributed by atoms with van der Waals surface area (Å²) in [6.07, 6.45) is 6.53. The van der Waals surface area contributed by atoms with Crippen molar-refractivity contribution in [3.63, 3.8) is 0 Å². The Kier molecular flexibility index (Phi) is 9.40. The lowest BCUT2D eigenvalue weighted by Crippen LogP contribution is -2.56. The Bertz CT molecular complexity index is 1500. The van der Waals surface area contributed by atoms with Crippen LogP contribution in [-0.4, -0.2) is 64.2 Å². The minimum Gasteiger partial charge on any atom is -0.465 e. The van der Waals surface area contributed by atoms with Crippen molar-refractivity contribution < 1.29 is 52.5 Å². The molecule has 5 aliphatic carbocycles. The van der Waals surface area contributed by atoms with E-state index in [2.05, 4.69) is 33.4 Å². The number of esters is 3. The van der Waals surface area contributed by atoms with Crippen LogP contribution < -0.4 is 0 Å². The number of hydrogen-bond donors (Lipinski definition) is 2. The summed E-state index contributed by atoms with van der Waals surface area (Å²) in [5, 5.41) is 0. The van der Waals surface area contributed by atoms with E-state index in [-0.39, 0.29) is 51.5 Å². The topological polar surface area (TPSA) is 171 Å². The molecule has 0 radical (unpaired) electrons. The van der Waals surface area contributed by atoms with Gasteiger partial charge in [-0.05, 0) is 83.7 Å². The van der Waals surface area contributed by atoms with Crippen LogP contribution in [0.5, 0.6) is 0 Å². The predicted molar refractivity (Wildman–Crippen MR) is 174 cm³/mol. The van der Waals surface area contributed by atoms with Gasteiger partial charge in [0.05, 0.1) is 6.61 Å². The summed E-state index contributed by atoms with van der Waals surface area (Å²) in [5.41, 5.74) is -0.532. The van der Waals surface area contributed by atoms with Crippen molar-refractivity contribution in [3.8, 4) is 0 Å². The van der Waals surface area contributed by atoms with Gasteiger partial charge in [-0.15, -0.1) is 0 Å². The second-order valence-corrected chi connectivity index (χ2v) is 17.7. The van der Waals surface area contributed by atoms with Crippen molar-refractivity contribution in [2.24, 2.45) is 57.2 Å². The van der Waals surface area contributed by atoms with Crippen LogP contribution in [0, 0.1) is 57.2 Å². The number of rotatable bonds is 11. The van der Waals surface area contributed by atoms with Crippen LogP contribution in [0.2, 0.25) is 0 Å². The van der Waals surface area contributed by atoms with E-state index >= 15 is 0 Å². The van der Waals surface area contributed by atoms with Crippen molar-refractivity contribution in [3.05, 3.63) is 24.3 Å². The number of carbonyl (C=O) groups excluding carboxylic acids is 5. The maximum absolute atomic E-state index is 14.1. The molecule has 0 heterocycles. The normalized spacial score (nSPS) is 39.8. The van der Waals surface area contributed by atoms with Gasteiger partial charge in [0, 0.05) is 37.5 Å². The molecule has 4 saturated carbocycles. The predicted octanol–water partition coefficient (Wildman–Crippen LogP) is 4.97. The lowest BCUT2D eigenvalue weighted by atomic mass is 9.43. The molecule has 11 nitrogen and oxygen atoms in total. The zero-order valence-electron chi connectivity index (χ0n) is 29.2. The lowest BCUT2D eigenvalue weighted by Gasteiger charge is -2.61. The average Bonchev–Trinajstić information content (AvgIpc) is 3.58. The van der Waals surface area contributed by atoms with Crippen molar-refractivity contribution >= 4 is 37.1 Å². The SMILES string of the molecule is C=C(C(=O)[C@H](OC(C)=O)[C@@H](C)[C@H]1[C@@H](OC(C)=O)C[C@@]2(C)[C@@H]3CC[C@H]4[C@H](C)C(=O)C=C[C@@]45C[C@@]35CC[C@]12C)[C@@H](C)COC(=O)CP(=O)(O)O. The number of fused-ring (bicyclic) bond motifs is 2. The summed E-state index contributed by atoms with van der Waals surface area (Å²) in [5.74, 6) is -3.51. The van der Waals surface area contributed by atoms with Crippen LogP contribution in [-0.2, 0) is 42.7 Å². The fourth-order valence-corrected chi connectivity index (χ4v) is 11.8. The van der Waals surface area contributed by atoms with Gasteiger partial charge in [-0.2, -0.15) is 0 Å². The maximum atomic E-state index is 14.1.